The van der Waals surface area contributed by atoms with Crippen LogP contribution in [-0.4, -0.2) is 31.0 Å². The molecule has 0 saturated carbocycles. The number of hydrogen-bond donors (Lipinski definition) is 2. The topological polar surface area (TPSA) is 89.5 Å². The summed E-state index contributed by atoms with van der Waals surface area (Å²) in [5, 5.41) is 5.58. The van der Waals surface area contributed by atoms with E-state index in [1.165, 1.54) is 18.5 Å². The number of anilines is 1. The fourth-order valence-corrected chi connectivity index (χ4v) is 2.62. The molecule has 0 aliphatic rings. The first kappa shape index (κ1) is 19.9. The zero-order valence-corrected chi connectivity index (χ0v) is 16.1. The number of nitrogens with one attached hydrogen (secondary N) is 2. The van der Waals surface area contributed by atoms with Crippen LogP contribution >= 0.6 is 0 Å². The molecule has 3 rings (SSSR count). The van der Waals surface area contributed by atoms with Crippen molar-refractivity contribution in [3.8, 4) is 11.5 Å². The lowest BCUT2D eigenvalue weighted by Gasteiger charge is -2.09. The van der Waals surface area contributed by atoms with E-state index in [2.05, 4.69) is 15.6 Å². The zero-order chi connectivity index (χ0) is 20.6. The number of benzene rings is 2. The Morgan fingerprint density at radius 2 is 1.55 bits per heavy atom. The summed E-state index contributed by atoms with van der Waals surface area (Å²) in [7, 11) is 3.15. The van der Waals surface area contributed by atoms with Crippen molar-refractivity contribution >= 4 is 17.5 Å². The van der Waals surface area contributed by atoms with Gasteiger partial charge >= 0.3 is 0 Å². The maximum atomic E-state index is 12.5. The van der Waals surface area contributed by atoms with E-state index in [0.717, 1.165) is 11.3 Å². The molecular formula is C22H21N3O4. The van der Waals surface area contributed by atoms with Gasteiger partial charge in [0.1, 0.15) is 11.5 Å². The molecule has 2 amide bonds. The summed E-state index contributed by atoms with van der Waals surface area (Å²) >= 11 is 0. The number of carbonyl (C=O) groups is 2. The van der Waals surface area contributed by atoms with Gasteiger partial charge in [0.05, 0.1) is 25.3 Å². The Balaban J connectivity index is 1.64. The Morgan fingerprint density at radius 1 is 0.862 bits per heavy atom. The molecule has 0 atom stereocenters. The van der Waals surface area contributed by atoms with Gasteiger partial charge in [0.15, 0.2) is 0 Å². The first-order valence-electron chi connectivity index (χ1n) is 8.90. The molecule has 7 heteroatoms. The third kappa shape index (κ3) is 5.32. The van der Waals surface area contributed by atoms with Crippen molar-refractivity contribution in [1.82, 2.24) is 10.3 Å². The summed E-state index contributed by atoms with van der Waals surface area (Å²) in [6, 6.07) is 15.9. The maximum Gasteiger partial charge on any atom is 0.257 e. The summed E-state index contributed by atoms with van der Waals surface area (Å²) in [6.45, 7) is 0.350. The van der Waals surface area contributed by atoms with Gasteiger partial charge in [0.2, 0.25) is 0 Å². The highest BCUT2D eigenvalue weighted by Crippen LogP contribution is 2.17. The Bertz CT molecular complexity index is 1000. The summed E-state index contributed by atoms with van der Waals surface area (Å²) in [5.41, 5.74) is 2.10. The number of rotatable bonds is 7. The maximum absolute atomic E-state index is 12.5. The zero-order valence-electron chi connectivity index (χ0n) is 16.1. The van der Waals surface area contributed by atoms with Gasteiger partial charge in [-0.05, 0) is 35.9 Å². The van der Waals surface area contributed by atoms with Crippen molar-refractivity contribution in [1.29, 1.82) is 0 Å². The second-order valence-corrected chi connectivity index (χ2v) is 6.18. The molecule has 2 aromatic carbocycles. The van der Waals surface area contributed by atoms with E-state index < -0.39 is 0 Å². The number of nitrogens with zero attached hydrogens (tertiary/aromatic N) is 1. The molecule has 2 N–H and O–H groups in total. The molecule has 1 heterocycles. The third-order valence-corrected chi connectivity index (χ3v) is 4.20. The number of amides is 2. The minimum absolute atomic E-state index is 0.282. The van der Waals surface area contributed by atoms with Gasteiger partial charge in [0, 0.05) is 30.7 Å². The monoisotopic (exact) mass is 391 g/mol. The van der Waals surface area contributed by atoms with Gasteiger partial charge in [-0.1, -0.05) is 18.2 Å². The minimum Gasteiger partial charge on any atom is -0.497 e. The van der Waals surface area contributed by atoms with Gasteiger partial charge in [-0.2, -0.15) is 0 Å². The Kier molecular flexibility index (Phi) is 6.42. The van der Waals surface area contributed by atoms with Crippen LogP contribution in [0, 0.1) is 0 Å². The number of carbonyl (C=O) groups excluding carboxylic acids is 2. The van der Waals surface area contributed by atoms with E-state index in [1.54, 1.807) is 38.5 Å². The van der Waals surface area contributed by atoms with Gasteiger partial charge in [0.25, 0.3) is 11.8 Å². The van der Waals surface area contributed by atoms with Crippen molar-refractivity contribution in [3.63, 3.8) is 0 Å². The second kappa shape index (κ2) is 9.36. The molecule has 1 aromatic heterocycles. The molecule has 148 valence electrons. The highest BCUT2D eigenvalue weighted by Gasteiger charge is 2.12. The molecule has 0 saturated heterocycles. The number of hydrogen-bond acceptors (Lipinski definition) is 5. The van der Waals surface area contributed by atoms with Gasteiger partial charge in [-0.25, -0.2) is 0 Å². The van der Waals surface area contributed by atoms with Crippen LogP contribution in [0.25, 0.3) is 0 Å². The quantitative estimate of drug-likeness (QED) is 0.645. The third-order valence-electron chi connectivity index (χ3n) is 4.20. The van der Waals surface area contributed by atoms with E-state index >= 15 is 0 Å². The minimum atomic E-state index is -0.365. The Hall–Kier alpha value is -3.87. The van der Waals surface area contributed by atoms with Crippen LogP contribution < -0.4 is 20.1 Å². The molecule has 0 radical (unpaired) electrons. The van der Waals surface area contributed by atoms with E-state index in [0.29, 0.717) is 23.5 Å². The smallest absolute Gasteiger partial charge is 0.257 e. The van der Waals surface area contributed by atoms with Crippen LogP contribution in [0.1, 0.15) is 26.3 Å². The summed E-state index contributed by atoms with van der Waals surface area (Å²) in [4.78, 5) is 28.9. The molecule has 0 fully saturated rings. The summed E-state index contributed by atoms with van der Waals surface area (Å²) in [6.07, 6.45) is 2.83. The molecule has 7 nitrogen and oxygen atoms in total. The van der Waals surface area contributed by atoms with Gasteiger partial charge in [-0.3, -0.25) is 14.6 Å². The Labute approximate surface area is 168 Å². The lowest BCUT2D eigenvalue weighted by atomic mass is 10.1. The normalized spacial score (nSPS) is 10.1. The number of methoxy groups -OCH3 is 2. The molecular weight excluding hydrogens is 370 g/mol. The highest BCUT2D eigenvalue weighted by atomic mass is 16.5. The lowest BCUT2D eigenvalue weighted by molar-refractivity contribution is 0.0950. The predicted molar refractivity (Wildman–Crippen MR) is 109 cm³/mol. The van der Waals surface area contributed by atoms with Crippen LogP contribution in [0.5, 0.6) is 11.5 Å². The molecule has 0 spiro atoms. The van der Waals surface area contributed by atoms with E-state index in [4.69, 9.17) is 9.47 Å². The van der Waals surface area contributed by atoms with E-state index in [-0.39, 0.29) is 17.4 Å². The largest absolute Gasteiger partial charge is 0.497 e. The number of ether oxygens (including phenoxy) is 2. The molecule has 29 heavy (non-hydrogen) atoms. The molecule has 3 aromatic rings. The van der Waals surface area contributed by atoms with Crippen LogP contribution in [0.2, 0.25) is 0 Å². The average molecular weight is 391 g/mol. The Morgan fingerprint density at radius 3 is 2.24 bits per heavy atom. The van der Waals surface area contributed by atoms with Crippen molar-refractivity contribution in [3.05, 3.63) is 83.7 Å². The van der Waals surface area contributed by atoms with Gasteiger partial charge in [-0.15, -0.1) is 0 Å². The van der Waals surface area contributed by atoms with Gasteiger partial charge < -0.3 is 20.1 Å². The molecule has 0 bridgehead atoms. The second-order valence-electron chi connectivity index (χ2n) is 6.18. The summed E-state index contributed by atoms with van der Waals surface area (Å²) in [5.74, 6) is 0.700. The SMILES string of the molecule is COc1ccc(CNC(=O)c2cncc(C(=O)Nc3cccc(OC)c3)c2)cc1. The van der Waals surface area contributed by atoms with Crippen molar-refractivity contribution in [2.45, 2.75) is 6.54 Å². The lowest BCUT2D eigenvalue weighted by Crippen LogP contribution is -2.23. The van der Waals surface area contributed by atoms with Crippen molar-refractivity contribution in [2.24, 2.45) is 0 Å². The molecule has 0 aliphatic heterocycles. The fraction of sp³-hybridized carbons (Fsp3) is 0.136. The predicted octanol–water partition coefficient (Wildman–Crippen LogP) is 3.28. The summed E-state index contributed by atoms with van der Waals surface area (Å²) < 4.78 is 10.3. The van der Waals surface area contributed by atoms with E-state index in [9.17, 15) is 9.59 Å². The fourth-order valence-electron chi connectivity index (χ4n) is 2.62. The highest BCUT2D eigenvalue weighted by molar-refractivity contribution is 6.05. The van der Waals surface area contributed by atoms with Crippen LogP contribution in [0.3, 0.4) is 0 Å². The standard InChI is InChI=1S/C22H21N3O4/c1-28-19-8-6-15(7-9-19)12-24-21(26)16-10-17(14-23-13-16)22(27)25-18-4-3-5-20(11-18)29-2/h3-11,13-14H,12H2,1-2H3,(H,24,26)(H,25,27). The molecule has 0 aliphatic carbocycles. The van der Waals surface area contributed by atoms with Crippen molar-refractivity contribution < 1.29 is 19.1 Å². The van der Waals surface area contributed by atoms with E-state index in [1.807, 2.05) is 24.3 Å². The molecule has 0 unspecified atom stereocenters. The number of aromatic nitrogens is 1. The van der Waals surface area contributed by atoms with Crippen LogP contribution in [0.15, 0.2) is 67.0 Å². The van der Waals surface area contributed by atoms with Crippen LogP contribution in [0.4, 0.5) is 5.69 Å². The first-order valence-corrected chi connectivity index (χ1v) is 8.90. The number of pyridine rings is 1. The van der Waals surface area contributed by atoms with Crippen LogP contribution in [-0.2, 0) is 6.54 Å². The first-order chi connectivity index (χ1) is 14.1. The van der Waals surface area contributed by atoms with Crippen molar-refractivity contribution in [2.75, 3.05) is 19.5 Å². The average Bonchev–Trinajstić information content (AvgIpc) is 2.78.